The van der Waals surface area contributed by atoms with E-state index in [-0.39, 0.29) is 22.3 Å². The van der Waals surface area contributed by atoms with Crippen molar-refractivity contribution < 1.29 is 9.90 Å². The van der Waals surface area contributed by atoms with Crippen molar-refractivity contribution in [3.63, 3.8) is 0 Å². The van der Waals surface area contributed by atoms with Gasteiger partial charge in [0, 0.05) is 28.2 Å². The van der Waals surface area contributed by atoms with Gasteiger partial charge in [-0.3, -0.25) is 4.79 Å². The number of carbonyl (C=O) groups excluding carboxylic acids is 1. The SMILES string of the molecule is CC(C)=C1C(=O)C[C@@]2(C)C[C@H]3[C@H](C)CC[C@@]45[C@H](C)CC[C@@H]4[C@]3(C=C12)[C@H]5O. The van der Waals surface area contributed by atoms with Gasteiger partial charge in [0.1, 0.15) is 0 Å². The minimum absolute atomic E-state index is 0.0135. The van der Waals surface area contributed by atoms with Crippen LogP contribution in [-0.2, 0) is 4.79 Å². The summed E-state index contributed by atoms with van der Waals surface area (Å²) in [6.07, 6.45) is 8.99. The summed E-state index contributed by atoms with van der Waals surface area (Å²) in [6.45, 7) is 11.3. The third kappa shape index (κ3) is 1.64. The summed E-state index contributed by atoms with van der Waals surface area (Å²) >= 11 is 0. The highest BCUT2D eigenvalue weighted by Gasteiger charge is 2.77. The summed E-state index contributed by atoms with van der Waals surface area (Å²) in [6, 6.07) is 0. The molecule has 2 heteroatoms. The lowest BCUT2D eigenvalue weighted by atomic mass is 9.37. The predicted molar refractivity (Wildman–Crippen MR) is 103 cm³/mol. The number of rotatable bonds is 0. The molecule has 0 heterocycles. The third-order valence-electron chi connectivity index (χ3n) is 9.72. The summed E-state index contributed by atoms with van der Waals surface area (Å²) < 4.78 is 0. The first-order chi connectivity index (χ1) is 12.2. The van der Waals surface area contributed by atoms with Gasteiger partial charge in [-0.1, -0.05) is 32.4 Å². The topological polar surface area (TPSA) is 37.3 Å². The predicted octanol–water partition coefficient (Wildman–Crippen LogP) is 5.07. The second-order valence-electron chi connectivity index (χ2n) is 11.0. The van der Waals surface area contributed by atoms with Gasteiger partial charge in [0.05, 0.1) is 6.10 Å². The Hall–Kier alpha value is -0.890. The van der Waals surface area contributed by atoms with Crippen LogP contribution in [0.1, 0.15) is 73.1 Å². The Morgan fingerprint density at radius 1 is 1.19 bits per heavy atom. The molecule has 0 radical (unpaired) electrons. The highest BCUT2D eigenvalue weighted by atomic mass is 16.3. The third-order valence-corrected chi connectivity index (χ3v) is 9.72. The van der Waals surface area contributed by atoms with Crippen molar-refractivity contribution in [2.75, 3.05) is 0 Å². The second-order valence-corrected chi connectivity index (χ2v) is 11.0. The second kappa shape index (κ2) is 4.93. The zero-order chi connectivity index (χ0) is 18.6. The number of hydrogen-bond donors (Lipinski definition) is 1. The first kappa shape index (κ1) is 17.2. The Morgan fingerprint density at radius 2 is 1.92 bits per heavy atom. The van der Waals surface area contributed by atoms with Crippen molar-refractivity contribution in [1.82, 2.24) is 0 Å². The van der Waals surface area contributed by atoms with Crippen molar-refractivity contribution in [2.24, 2.45) is 39.9 Å². The summed E-state index contributed by atoms with van der Waals surface area (Å²) in [7, 11) is 0. The lowest BCUT2D eigenvalue weighted by Crippen LogP contribution is -2.70. The summed E-state index contributed by atoms with van der Waals surface area (Å²) in [4.78, 5) is 12.9. The first-order valence-electron chi connectivity index (χ1n) is 10.8. The minimum Gasteiger partial charge on any atom is -0.392 e. The number of ketones is 1. The maximum Gasteiger partial charge on any atom is 0.163 e. The summed E-state index contributed by atoms with van der Waals surface area (Å²) in [5, 5.41) is 11.7. The molecule has 0 saturated heterocycles. The zero-order valence-electron chi connectivity index (χ0n) is 17.1. The molecule has 1 N–H and O–H groups in total. The van der Waals surface area contributed by atoms with E-state index in [0.29, 0.717) is 35.9 Å². The van der Waals surface area contributed by atoms with Gasteiger partial charge in [0.15, 0.2) is 5.78 Å². The van der Waals surface area contributed by atoms with Crippen LogP contribution in [0.25, 0.3) is 0 Å². The molecule has 26 heavy (non-hydrogen) atoms. The summed E-state index contributed by atoms with van der Waals surface area (Å²) in [5.74, 6) is 2.77. The number of aliphatic hydroxyl groups is 1. The number of aliphatic hydroxyl groups excluding tert-OH is 1. The molecule has 0 aromatic carbocycles. The fourth-order valence-corrected chi connectivity index (χ4v) is 8.59. The van der Waals surface area contributed by atoms with E-state index >= 15 is 0 Å². The highest BCUT2D eigenvalue weighted by molar-refractivity contribution is 6.05. The Bertz CT molecular complexity index is 756. The van der Waals surface area contributed by atoms with E-state index < -0.39 is 0 Å². The Balaban J connectivity index is 1.74. The van der Waals surface area contributed by atoms with Crippen LogP contribution in [-0.4, -0.2) is 17.0 Å². The molecule has 6 aliphatic carbocycles. The van der Waals surface area contributed by atoms with Crippen LogP contribution < -0.4 is 0 Å². The van der Waals surface area contributed by atoms with Crippen LogP contribution in [0, 0.1) is 39.9 Å². The number of allylic oxidation sites excluding steroid dienone is 3. The van der Waals surface area contributed by atoms with Crippen LogP contribution in [0.5, 0.6) is 0 Å². The quantitative estimate of drug-likeness (QED) is 0.617. The van der Waals surface area contributed by atoms with Gasteiger partial charge in [-0.2, -0.15) is 0 Å². The fourth-order valence-electron chi connectivity index (χ4n) is 8.59. The summed E-state index contributed by atoms with van der Waals surface area (Å²) in [5.41, 5.74) is 3.51. The molecule has 6 aliphatic rings. The van der Waals surface area contributed by atoms with Gasteiger partial charge < -0.3 is 5.11 Å². The first-order valence-corrected chi connectivity index (χ1v) is 10.8. The number of hydrogen-bond acceptors (Lipinski definition) is 2. The Labute approximate surface area is 158 Å². The van der Waals surface area contributed by atoms with E-state index in [4.69, 9.17) is 0 Å². The lowest BCUT2D eigenvalue weighted by molar-refractivity contribution is -0.244. The molecule has 0 amide bonds. The average molecular weight is 355 g/mol. The van der Waals surface area contributed by atoms with Crippen LogP contribution in [0.4, 0.5) is 0 Å². The van der Waals surface area contributed by atoms with E-state index in [2.05, 4.69) is 40.7 Å². The molecule has 2 bridgehead atoms. The van der Waals surface area contributed by atoms with Crippen molar-refractivity contribution in [3.05, 3.63) is 22.8 Å². The minimum atomic E-state index is -0.210. The van der Waals surface area contributed by atoms with Gasteiger partial charge in [0.2, 0.25) is 0 Å². The molecule has 5 saturated carbocycles. The van der Waals surface area contributed by atoms with Crippen molar-refractivity contribution in [1.29, 1.82) is 0 Å². The van der Waals surface area contributed by atoms with E-state index in [0.717, 1.165) is 17.6 Å². The fraction of sp³-hybridized carbons (Fsp3) is 0.792. The number of fused-ring (bicyclic) bond motifs is 3. The molecule has 0 unspecified atom stereocenters. The van der Waals surface area contributed by atoms with Crippen molar-refractivity contribution >= 4 is 5.78 Å². The van der Waals surface area contributed by atoms with Crippen LogP contribution in [0.3, 0.4) is 0 Å². The highest BCUT2D eigenvalue weighted by Crippen LogP contribution is 2.79. The molecule has 2 nitrogen and oxygen atoms in total. The molecule has 142 valence electrons. The number of Topliss-reactive ketones (excluding diaryl/α,β-unsaturated/α-hetero) is 1. The molecule has 8 atom stereocenters. The molecule has 2 spiro atoms. The average Bonchev–Trinajstić information content (AvgIpc) is 2.94. The normalized spacial score (nSPS) is 54.7. The van der Waals surface area contributed by atoms with Gasteiger partial charge in [-0.05, 0) is 75.2 Å². The van der Waals surface area contributed by atoms with Crippen molar-refractivity contribution in [3.8, 4) is 0 Å². The van der Waals surface area contributed by atoms with E-state index in [1.165, 1.54) is 31.3 Å². The smallest absolute Gasteiger partial charge is 0.163 e. The molecule has 5 fully saturated rings. The Morgan fingerprint density at radius 3 is 2.62 bits per heavy atom. The largest absolute Gasteiger partial charge is 0.392 e. The van der Waals surface area contributed by atoms with Gasteiger partial charge in [-0.15, -0.1) is 0 Å². The van der Waals surface area contributed by atoms with E-state index in [1.54, 1.807) is 0 Å². The van der Waals surface area contributed by atoms with Crippen LogP contribution in [0.15, 0.2) is 22.8 Å². The molecule has 0 aromatic rings. The van der Waals surface area contributed by atoms with Gasteiger partial charge in [-0.25, -0.2) is 0 Å². The monoisotopic (exact) mass is 354 g/mol. The molecule has 0 aliphatic heterocycles. The maximum atomic E-state index is 12.9. The molecular weight excluding hydrogens is 320 g/mol. The standard InChI is InChI=1S/C24H34O2/c1-13(2)20-17-11-24-16(10-22(17,5)12-18(20)25)14(3)8-9-23(21(24)26)15(4)6-7-19(23)24/h11,14-16,19,21,26H,6-10,12H2,1-5H3/t14-,15-,16+,19+,21+,22-,23-,24-/m1/s1. The van der Waals surface area contributed by atoms with Crippen molar-refractivity contribution in [2.45, 2.75) is 79.2 Å². The zero-order valence-corrected chi connectivity index (χ0v) is 17.1. The van der Waals surface area contributed by atoms with Crippen LogP contribution >= 0.6 is 0 Å². The van der Waals surface area contributed by atoms with Gasteiger partial charge >= 0.3 is 0 Å². The maximum absolute atomic E-state index is 12.9. The molecular formula is C24H34O2. The molecule has 6 rings (SSSR count). The van der Waals surface area contributed by atoms with Crippen LogP contribution in [0.2, 0.25) is 0 Å². The number of carbonyl (C=O) groups is 1. The van der Waals surface area contributed by atoms with Gasteiger partial charge in [0.25, 0.3) is 0 Å². The molecule has 0 aromatic heterocycles. The van der Waals surface area contributed by atoms with E-state index in [1.807, 2.05) is 0 Å². The lowest BCUT2D eigenvalue weighted by Gasteiger charge is -2.68. The Kier molecular flexibility index (Phi) is 3.27. The van der Waals surface area contributed by atoms with E-state index in [9.17, 15) is 9.90 Å².